The molecule has 1 rings (SSSR count). The van der Waals surface area contributed by atoms with Gasteiger partial charge in [-0.2, -0.15) is 5.26 Å². The molecule has 0 atom stereocenters. The largest absolute Gasteiger partial charge is 0.299 e. The van der Waals surface area contributed by atoms with Crippen LogP contribution in [0.3, 0.4) is 0 Å². The van der Waals surface area contributed by atoms with Crippen molar-refractivity contribution in [3.8, 4) is 6.07 Å². The lowest BCUT2D eigenvalue weighted by atomic mass is 10.0. The lowest BCUT2D eigenvalue weighted by molar-refractivity contribution is -0.385. The molecule has 5 nitrogen and oxygen atoms in total. The van der Waals surface area contributed by atoms with Gasteiger partial charge >= 0.3 is 0 Å². The second-order valence-corrected chi connectivity index (χ2v) is 3.19. The summed E-state index contributed by atoms with van der Waals surface area (Å²) in [4.78, 5) is 20.8. The van der Waals surface area contributed by atoms with Crippen molar-refractivity contribution in [3.05, 3.63) is 38.9 Å². The quantitative estimate of drug-likeness (QED) is 0.438. The van der Waals surface area contributed by atoms with Gasteiger partial charge < -0.3 is 0 Å². The Hall–Kier alpha value is -1.93. The molecule has 1 aromatic rings. The van der Waals surface area contributed by atoms with Gasteiger partial charge in [0.15, 0.2) is 0 Å². The third kappa shape index (κ3) is 2.11. The van der Waals surface area contributed by atoms with Crippen LogP contribution in [0.4, 0.5) is 5.69 Å². The molecule has 0 aliphatic carbocycles. The summed E-state index contributed by atoms with van der Waals surface area (Å²) >= 11 is 5.20. The fourth-order valence-electron chi connectivity index (χ4n) is 1.21. The van der Waals surface area contributed by atoms with Gasteiger partial charge in [-0.1, -0.05) is 0 Å². The Morgan fingerprint density at radius 1 is 1.60 bits per heavy atom. The summed E-state index contributed by atoms with van der Waals surface area (Å²) in [6.07, 6.45) is 0. The number of hydrogen-bond donors (Lipinski definition) is 0. The average Bonchev–Trinajstić information content (AvgIpc) is 2.15. The Balaban J connectivity index is 3.64. The van der Waals surface area contributed by atoms with E-state index in [0.717, 1.165) is 0 Å². The molecular formula is C9H5ClN2O3. The van der Waals surface area contributed by atoms with Crippen LogP contribution in [0.25, 0.3) is 0 Å². The van der Waals surface area contributed by atoms with Gasteiger partial charge in [0, 0.05) is 0 Å². The molecule has 0 unspecified atom stereocenters. The molecule has 0 amide bonds. The molecule has 0 bridgehead atoms. The van der Waals surface area contributed by atoms with Crippen molar-refractivity contribution in [1.82, 2.24) is 0 Å². The maximum absolute atomic E-state index is 10.9. The third-order valence-electron chi connectivity index (χ3n) is 1.77. The van der Waals surface area contributed by atoms with Gasteiger partial charge in [0.1, 0.15) is 17.2 Å². The zero-order valence-electron chi connectivity index (χ0n) is 7.65. The minimum Gasteiger partial charge on any atom is -0.275 e. The molecule has 0 aromatic heterocycles. The third-order valence-corrected chi connectivity index (χ3v) is 1.97. The highest BCUT2D eigenvalue weighted by atomic mass is 35.5. The summed E-state index contributed by atoms with van der Waals surface area (Å²) < 4.78 is 0. The number of benzene rings is 1. The van der Waals surface area contributed by atoms with Crippen LogP contribution in [0, 0.1) is 28.4 Å². The zero-order chi connectivity index (χ0) is 11.6. The smallest absolute Gasteiger partial charge is 0.275 e. The van der Waals surface area contributed by atoms with Crippen LogP contribution in [0.15, 0.2) is 12.1 Å². The van der Waals surface area contributed by atoms with E-state index >= 15 is 0 Å². The van der Waals surface area contributed by atoms with Gasteiger partial charge in [0.2, 0.25) is 0 Å². The van der Waals surface area contributed by atoms with Crippen molar-refractivity contribution in [3.63, 3.8) is 0 Å². The summed E-state index contributed by atoms with van der Waals surface area (Å²) in [7, 11) is 0. The van der Waals surface area contributed by atoms with Gasteiger partial charge in [-0.05, 0) is 36.2 Å². The number of nitriles is 1. The van der Waals surface area contributed by atoms with Crippen LogP contribution in [-0.2, 0) is 0 Å². The molecule has 6 heteroatoms. The number of aryl methyl sites for hydroxylation is 1. The number of carbonyl (C=O) groups is 1. The first-order valence-electron chi connectivity index (χ1n) is 3.86. The fourth-order valence-corrected chi connectivity index (χ4v) is 1.35. The minimum absolute atomic E-state index is 0.163. The van der Waals surface area contributed by atoms with Gasteiger partial charge in [-0.15, -0.1) is 0 Å². The average molecular weight is 225 g/mol. The second kappa shape index (κ2) is 4.07. The van der Waals surface area contributed by atoms with Gasteiger partial charge in [-0.3, -0.25) is 14.9 Å². The van der Waals surface area contributed by atoms with Crippen molar-refractivity contribution in [2.75, 3.05) is 0 Å². The first-order valence-corrected chi connectivity index (χ1v) is 4.24. The normalized spacial score (nSPS) is 9.40. The maximum Gasteiger partial charge on any atom is 0.299 e. The molecule has 0 saturated carbocycles. The summed E-state index contributed by atoms with van der Waals surface area (Å²) in [5.41, 5.74) is -0.383. The van der Waals surface area contributed by atoms with Crippen LogP contribution in [0.2, 0.25) is 0 Å². The van der Waals surface area contributed by atoms with Crippen molar-refractivity contribution in [2.24, 2.45) is 0 Å². The van der Waals surface area contributed by atoms with Gasteiger partial charge in [0.25, 0.3) is 10.9 Å². The molecular weight excluding hydrogens is 220 g/mol. The molecule has 0 aliphatic rings. The number of nitro groups is 1. The van der Waals surface area contributed by atoms with E-state index < -0.39 is 15.9 Å². The summed E-state index contributed by atoms with van der Waals surface area (Å²) in [6.45, 7) is 1.62. The molecule has 1 aromatic carbocycles. The van der Waals surface area contributed by atoms with Crippen molar-refractivity contribution < 1.29 is 9.72 Å². The first kappa shape index (κ1) is 11.1. The van der Waals surface area contributed by atoms with Crippen molar-refractivity contribution in [2.45, 2.75) is 6.92 Å². The van der Waals surface area contributed by atoms with E-state index in [2.05, 4.69) is 0 Å². The molecule has 0 fully saturated rings. The standard InChI is InChI=1S/C9H5ClN2O3/c1-5-2-6(4-11)8(12(14)15)7(3-5)9(10)13/h2-3H,1H3. The lowest BCUT2D eigenvalue weighted by Gasteiger charge is -2.01. The Morgan fingerprint density at radius 3 is 2.60 bits per heavy atom. The highest BCUT2D eigenvalue weighted by molar-refractivity contribution is 6.68. The Bertz CT molecular complexity index is 491. The van der Waals surface area contributed by atoms with Gasteiger partial charge in [-0.25, -0.2) is 0 Å². The van der Waals surface area contributed by atoms with E-state index in [0.29, 0.717) is 5.56 Å². The van der Waals surface area contributed by atoms with Crippen LogP contribution in [0.5, 0.6) is 0 Å². The van der Waals surface area contributed by atoms with E-state index in [-0.39, 0.29) is 11.1 Å². The van der Waals surface area contributed by atoms with E-state index in [9.17, 15) is 14.9 Å². The molecule has 0 spiro atoms. The summed E-state index contributed by atoms with van der Waals surface area (Å²) in [5.74, 6) is 0. The summed E-state index contributed by atoms with van der Waals surface area (Å²) in [5, 5.41) is 18.4. The predicted octanol–water partition coefficient (Wildman–Crippen LogP) is 2.15. The Labute approximate surface area is 90.0 Å². The van der Waals surface area contributed by atoms with E-state index in [1.165, 1.54) is 12.1 Å². The molecule has 0 radical (unpaired) electrons. The number of nitro benzene ring substituents is 1. The fraction of sp³-hybridized carbons (Fsp3) is 0.111. The van der Waals surface area contributed by atoms with Crippen molar-refractivity contribution in [1.29, 1.82) is 5.26 Å². The highest BCUT2D eigenvalue weighted by Crippen LogP contribution is 2.26. The topological polar surface area (TPSA) is 84.0 Å². The number of halogens is 1. The predicted molar refractivity (Wildman–Crippen MR) is 52.7 cm³/mol. The first-order chi connectivity index (χ1) is 6.97. The van der Waals surface area contributed by atoms with E-state index in [4.69, 9.17) is 16.9 Å². The molecule has 15 heavy (non-hydrogen) atoms. The second-order valence-electron chi connectivity index (χ2n) is 2.85. The molecule has 0 aliphatic heterocycles. The van der Waals surface area contributed by atoms with E-state index in [1.807, 2.05) is 0 Å². The minimum atomic E-state index is -0.943. The molecule has 76 valence electrons. The Kier molecular flexibility index (Phi) is 3.02. The molecule has 0 heterocycles. The van der Waals surface area contributed by atoms with Crippen LogP contribution >= 0.6 is 11.6 Å². The number of carbonyl (C=O) groups excluding carboxylic acids is 1. The summed E-state index contributed by atoms with van der Waals surface area (Å²) in [6, 6.07) is 4.28. The number of hydrogen-bond acceptors (Lipinski definition) is 4. The maximum atomic E-state index is 10.9. The number of rotatable bonds is 2. The monoisotopic (exact) mass is 224 g/mol. The zero-order valence-corrected chi connectivity index (χ0v) is 8.41. The van der Waals surface area contributed by atoms with Crippen LogP contribution in [0.1, 0.15) is 21.5 Å². The van der Waals surface area contributed by atoms with Gasteiger partial charge in [0.05, 0.1) is 4.92 Å². The van der Waals surface area contributed by atoms with E-state index in [1.54, 1.807) is 13.0 Å². The molecule has 0 saturated heterocycles. The lowest BCUT2D eigenvalue weighted by Crippen LogP contribution is -2.02. The highest BCUT2D eigenvalue weighted by Gasteiger charge is 2.24. The Morgan fingerprint density at radius 2 is 2.20 bits per heavy atom. The van der Waals surface area contributed by atoms with Crippen molar-refractivity contribution >= 4 is 22.5 Å². The van der Waals surface area contributed by atoms with Crippen LogP contribution < -0.4 is 0 Å². The number of nitrogens with zero attached hydrogens (tertiary/aromatic N) is 2. The molecule has 0 N–H and O–H groups in total. The van der Waals surface area contributed by atoms with Crippen LogP contribution in [-0.4, -0.2) is 10.2 Å². The SMILES string of the molecule is Cc1cc(C#N)c([N+](=O)[O-])c(C(=O)Cl)c1.